The molecule has 2 atom stereocenters. The van der Waals surface area contributed by atoms with Crippen molar-refractivity contribution in [3.8, 4) is 0 Å². The molecule has 4 heteroatoms. The van der Waals surface area contributed by atoms with Gasteiger partial charge in [-0.25, -0.2) is 0 Å². The highest BCUT2D eigenvalue weighted by Crippen LogP contribution is 2.24. The van der Waals surface area contributed by atoms with E-state index in [1.54, 1.807) is 0 Å². The van der Waals surface area contributed by atoms with Gasteiger partial charge in [-0.2, -0.15) is 0 Å². The normalized spacial score (nSPS) is 23.1. The van der Waals surface area contributed by atoms with Crippen molar-refractivity contribution in [2.75, 3.05) is 32.7 Å². The van der Waals surface area contributed by atoms with Gasteiger partial charge in [0.05, 0.1) is 5.92 Å². The Hall–Kier alpha value is -0.610. The van der Waals surface area contributed by atoms with Gasteiger partial charge in [-0.3, -0.25) is 4.79 Å². The molecule has 1 fully saturated rings. The van der Waals surface area contributed by atoms with E-state index in [4.69, 9.17) is 5.73 Å². The quantitative estimate of drug-likeness (QED) is 0.700. The standard InChI is InChI=1S/C17H35N3O/c1-4-19(5-2)13-10-14-20(6-3)17(21)15-11-8-7-9-12-16(15)18/h15-16H,4-14,18H2,1-3H3. The van der Waals surface area contributed by atoms with Crippen LogP contribution in [0.2, 0.25) is 0 Å². The third kappa shape index (κ3) is 5.95. The van der Waals surface area contributed by atoms with E-state index in [1.165, 1.54) is 12.8 Å². The van der Waals surface area contributed by atoms with Crippen LogP contribution in [0.3, 0.4) is 0 Å². The highest BCUT2D eigenvalue weighted by molar-refractivity contribution is 5.79. The third-order valence-electron chi connectivity index (χ3n) is 4.88. The summed E-state index contributed by atoms with van der Waals surface area (Å²) in [7, 11) is 0. The van der Waals surface area contributed by atoms with Gasteiger partial charge in [0.1, 0.15) is 0 Å². The zero-order valence-corrected chi connectivity index (χ0v) is 14.3. The second-order valence-corrected chi connectivity index (χ2v) is 6.21. The van der Waals surface area contributed by atoms with E-state index in [0.717, 1.165) is 58.4 Å². The molecular formula is C17H35N3O. The number of nitrogens with zero attached hydrogens (tertiary/aromatic N) is 2. The molecule has 1 aliphatic rings. The fourth-order valence-electron chi connectivity index (χ4n) is 3.33. The van der Waals surface area contributed by atoms with E-state index >= 15 is 0 Å². The number of rotatable bonds is 8. The Kier molecular flexibility index (Phi) is 8.93. The topological polar surface area (TPSA) is 49.6 Å². The van der Waals surface area contributed by atoms with Crippen LogP contribution in [0.15, 0.2) is 0 Å². The molecule has 1 amide bonds. The lowest BCUT2D eigenvalue weighted by atomic mass is 9.94. The fraction of sp³-hybridized carbons (Fsp3) is 0.941. The average molecular weight is 297 g/mol. The molecule has 2 unspecified atom stereocenters. The highest BCUT2D eigenvalue weighted by Gasteiger charge is 2.29. The maximum absolute atomic E-state index is 12.7. The summed E-state index contributed by atoms with van der Waals surface area (Å²) in [5.74, 6) is 0.354. The minimum Gasteiger partial charge on any atom is -0.343 e. The first-order valence-corrected chi connectivity index (χ1v) is 8.90. The summed E-state index contributed by atoms with van der Waals surface area (Å²) in [4.78, 5) is 17.2. The molecule has 0 aromatic heterocycles. The van der Waals surface area contributed by atoms with Crippen LogP contribution in [0.1, 0.15) is 59.3 Å². The lowest BCUT2D eigenvalue weighted by Crippen LogP contribution is -2.44. The summed E-state index contributed by atoms with van der Waals surface area (Å²) in [5, 5.41) is 0. The van der Waals surface area contributed by atoms with Crippen molar-refractivity contribution in [3.63, 3.8) is 0 Å². The molecule has 1 rings (SSSR count). The SMILES string of the molecule is CCN(CC)CCCN(CC)C(=O)C1CCCCCC1N. The first-order valence-electron chi connectivity index (χ1n) is 8.90. The molecule has 4 nitrogen and oxygen atoms in total. The summed E-state index contributed by atoms with van der Waals surface area (Å²) >= 11 is 0. The molecule has 0 aliphatic heterocycles. The van der Waals surface area contributed by atoms with Crippen LogP contribution in [0, 0.1) is 5.92 Å². The van der Waals surface area contributed by atoms with Crippen LogP contribution in [0.4, 0.5) is 0 Å². The summed E-state index contributed by atoms with van der Waals surface area (Å²) in [6, 6.07) is 0.0665. The largest absolute Gasteiger partial charge is 0.343 e. The van der Waals surface area contributed by atoms with Crippen LogP contribution in [0.25, 0.3) is 0 Å². The van der Waals surface area contributed by atoms with Crippen molar-refractivity contribution >= 4 is 5.91 Å². The van der Waals surface area contributed by atoms with Crippen LogP contribution in [-0.2, 0) is 4.79 Å². The van der Waals surface area contributed by atoms with E-state index < -0.39 is 0 Å². The Morgan fingerprint density at radius 1 is 1.00 bits per heavy atom. The zero-order chi connectivity index (χ0) is 15.7. The molecular weight excluding hydrogens is 262 g/mol. The van der Waals surface area contributed by atoms with Gasteiger partial charge < -0.3 is 15.5 Å². The van der Waals surface area contributed by atoms with Gasteiger partial charge >= 0.3 is 0 Å². The van der Waals surface area contributed by atoms with Gasteiger partial charge in [-0.1, -0.05) is 33.1 Å². The maximum Gasteiger partial charge on any atom is 0.227 e. The monoisotopic (exact) mass is 297 g/mol. The summed E-state index contributed by atoms with van der Waals surface area (Å²) in [5.41, 5.74) is 6.24. The van der Waals surface area contributed by atoms with Gasteiger partial charge in [0.25, 0.3) is 0 Å². The lowest BCUT2D eigenvalue weighted by Gasteiger charge is -2.29. The van der Waals surface area contributed by atoms with Gasteiger partial charge in [0.15, 0.2) is 0 Å². The van der Waals surface area contributed by atoms with Gasteiger partial charge in [-0.15, -0.1) is 0 Å². The smallest absolute Gasteiger partial charge is 0.227 e. The molecule has 1 aliphatic carbocycles. The fourth-order valence-corrected chi connectivity index (χ4v) is 3.33. The van der Waals surface area contributed by atoms with Crippen molar-refractivity contribution in [1.82, 2.24) is 9.80 Å². The first kappa shape index (κ1) is 18.4. The first-order chi connectivity index (χ1) is 10.1. The molecule has 1 saturated carbocycles. The minimum absolute atomic E-state index is 0.0564. The van der Waals surface area contributed by atoms with Crippen LogP contribution >= 0.6 is 0 Å². The predicted molar refractivity (Wildman–Crippen MR) is 89.2 cm³/mol. The second-order valence-electron chi connectivity index (χ2n) is 6.21. The second kappa shape index (κ2) is 10.2. The lowest BCUT2D eigenvalue weighted by molar-refractivity contribution is -0.136. The average Bonchev–Trinajstić information content (AvgIpc) is 2.71. The molecule has 124 valence electrons. The Balaban J connectivity index is 2.47. The number of amides is 1. The molecule has 0 spiro atoms. The Morgan fingerprint density at radius 2 is 1.67 bits per heavy atom. The highest BCUT2D eigenvalue weighted by atomic mass is 16.2. The van der Waals surface area contributed by atoms with E-state index in [9.17, 15) is 4.79 Å². The number of nitrogens with two attached hydrogens (primary N) is 1. The van der Waals surface area contributed by atoms with Crippen molar-refractivity contribution in [3.05, 3.63) is 0 Å². The summed E-state index contributed by atoms with van der Waals surface area (Å²) in [6.07, 6.45) is 6.61. The Bertz CT molecular complexity index is 292. The molecule has 0 heterocycles. The molecule has 2 N–H and O–H groups in total. The van der Waals surface area contributed by atoms with E-state index in [2.05, 4.69) is 25.7 Å². The molecule has 21 heavy (non-hydrogen) atoms. The number of hydrogen-bond donors (Lipinski definition) is 1. The van der Waals surface area contributed by atoms with Gasteiger partial charge in [0, 0.05) is 19.1 Å². The van der Waals surface area contributed by atoms with Crippen LogP contribution in [0.5, 0.6) is 0 Å². The third-order valence-corrected chi connectivity index (χ3v) is 4.88. The number of hydrogen-bond acceptors (Lipinski definition) is 3. The van der Waals surface area contributed by atoms with Crippen LogP contribution < -0.4 is 5.73 Å². The number of carbonyl (C=O) groups excluding carboxylic acids is 1. The Morgan fingerprint density at radius 3 is 2.29 bits per heavy atom. The van der Waals surface area contributed by atoms with Gasteiger partial charge in [-0.05, 0) is 45.8 Å². The summed E-state index contributed by atoms with van der Waals surface area (Å²) < 4.78 is 0. The molecule has 0 bridgehead atoms. The minimum atomic E-state index is 0.0564. The van der Waals surface area contributed by atoms with Crippen molar-refractivity contribution in [1.29, 1.82) is 0 Å². The van der Waals surface area contributed by atoms with E-state index in [-0.39, 0.29) is 12.0 Å². The van der Waals surface area contributed by atoms with Crippen molar-refractivity contribution < 1.29 is 4.79 Å². The molecule has 0 radical (unpaired) electrons. The predicted octanol–water partition coefficient (Wildman–Crippen LogP) is 2.47. The van der Waals surface area contributed by atoms with Crippen molar-refractivity contribution in [2.45, 2.75) is 65.3 Å². The van der Waals surface area contributed by atoms with Crippen molar-refractivity contribution in [2.24, 2.45) is 11.7 Å². The Labute approximate surface area is 131 Å². The molecule has 0 saturated heterocycles. The maximum atomic E-state index is 12.7. The summed E-state index contributed by atoms with van der Waals surface area (Å²) in [6.45, 7) is 11.4. The molecule has 0 aromatic carbocycles. The molecule has 0 aromatic rings. The van der Waals surface area contributed by atoms with Gasteiger partial charge in [0.2, 0.25) is 5.91 Å². The zero-order valence-electron chi connectivity index (χ0n) is 14.3. The van der Waals surface area contributed by atoms with Crippen LogP contribution in [-0.4, -0.2) is 54.5 Å². The van der Waals surface area contributed by atoms with E-state index in [1.807, 2.05) is 4.90 Å². The number of carbonyl (C=O) groups is 1. The van der Waals surface area contributed by atoms with E-state index in [0.29, 0.717) is 5.91 Å².